The second-order valence-electron chi connectivity index (χ2n) is 2.16. The zero-order valence-electron chi connectivity index (χ0n) is 5.89. The Hall–Kier alpha value is -1.49. The minimum Gasteiger partial charge on any atom is -0.476 e. The van der Waals surface area contributed by atoms with Crippen LogP contribution in [0, 0.1) is 0 Å². The van der Waals surface area contributed by atoms with Gasteiger partial charge in [0.2, 0.25) is 0 Å². The number of aromatic carboxylic acids is 1. The quantitative estimate of drug-likeness (QED) is 0.720. The van der Waals surface area contributed by atoms with Gasteiger partial charge in [0.15, 0.2) is 5.69 Å². The standard InChI is InChI=1S/C7H4N2O2S/c10-7(11)6-5-4(1-2-8-6)12-3-9-5/h1-3H,(H,10,11). The molecule has 60 valence electrons. The van der Waals surface area contributed by atoms with Crippen molar-refractivity contribution in [1.82, 2.24) is 9.97 Å². The van der Waals surface area contributed by atoms with Crippen molar-refractivity contribution >= 4 is 27.5 Å². The molecule has 4 nitrogen and oxygen atoms in total. The summed E-state index contributed by atoms with van der Waals surface area (Å²) in [5.74, 6) is -1.04. The Balaban J connectivity index is 2.82. The lowest BCUT2D eigenvalue weighted by Gasteiger charge is -1.92. The topological polar surface area (TPSA) is 63.1 Å². The molecule has 0 saturated carbocycles. The van der Waals surface area contributed by atoms with Crippen molar-refractivity contribution in [2.45, 2.75) is 0 Å². The minimum atomic E-state index is -1.04. The fraction of sp³-hybridized carbons (Fsp3) is 0. The summed E-state index contributed by atoms with van der Waals surface area (Å²) in [6.45, 7) is 0. The molecule has 2 aromatic rings. The van der Waals surface area contributed by atoms with Gasteiger partial charge < -0.3 is 5.11 Å². The summed E-state index contributed by atoms with van der Waals surface area (Å²) < 4.78 is 0.849. The molecule has 0 amide bonds. The number of carboxylic acids is 1. The molecule has 0 spiro atoms. The van der Waals surface area contributed by atoms with Gasteiger partial charge in [-0.1, -0.05) is 0 Å². The van der Waals surface area contributed by atoms with E-state index in [-0.39, 0.29) is 5.69 Å². The monoisotopic (exact) mass is 180 g/mol. The number of nitrogens with zero attached hydrogens (tertiary/aromatic N) is 2. The van der Waals surface area contributed by atoms with E-state index in [1.807, 2.05) is 0 Å². The van der Waals surface area contributed by atoms with E-state index in [1.165, 1.54) is 17.5 Å². The molecule has 2 heterocycles. The van der Waals surface area contributed by atoms with Crippen LogP contribution in [-0.4, -0.2) is 21.0 Å². The minimum absolute atomic E-state index is 0.0220. The lowest BCUT2D eigenvalue weighted by Crippen LogP contribution is -2.00. The molecule has 12 heavy (non-hydrogen) atoms. The molecular weight excluding hydrogens is 176 g/mol. The summed E-state index contributed by atoms with van der Waals surface area (Å²) in [4.78, 5) is 18.3. The van der Waals surface area contributed by atoms with E-state index < -0.39 is 5.97 Å². The van der Waals surface area contributed by atoms with Crippen LogP contribution in [0.25, 0.3) is 10.2 Å². The molecule has 0 aliphatic rings. The van der Waals surface area contributed by atoms with Crippen molar-refractivity contribution in [1.29, 1.82) is 0 Å². The van der Waals surface area contributed by atoms with Crippen LogP contribution in [0.3, 0.4) is 0 Å². The average molecular weight is 180 g/mol. The first-order chi connectivity index (χ1) is 5.79. The first-order valence-corrected chi connectivity index (χ1v) is 4.08. The first kappa shape index (κ1) is 7.17. The Morgan fingerprint density at radius 3 is 3.08 bits per heavy atom. The highest BCUT2D eigenvalue weighted by atomic mass is 32.1. The van der Waals surface area contributed by atoms with E-state index >= 15 is 0 Å². The molecule has 2 rings (SSSR count). The van der Waals surface area contributed by atoms with Gasteiger partial charge in [0.05, 0.1) is 10.2 Å². The summed E-state index contributed by atoms with van der Waals surface area (Å²) in [6, 6.07) is 1.75. The maximum absolute atomic E-state index is 10.6. The average Bonchev–Trinajstić information content (AvgIpc) is 2.49. The van der Waals surface area contributed by atoms with E-state index in [0.29, 0.717) is 5.52 Å². The van der Waals surface area contributed by atoms with Gasteiger partial charge in [0.1, 0.15) is 5.52 Å². The maximum atomic E-state index is 10.6. The van der Waals surface area contributed by atoms with Gasteiger partial charge in [-0.3, -0.25) is 0 Å². The fourth-order valence-corrected chi connectivity index (χ4v) is 1.62. The van der Waals surface area contributed by atoms with E-state index in [4.69, 9.17) is 5.11 Å². The summed E-state index contributed by atoms with van der Waals surface area (Å²) in [5.41, 5.74) is 2.10. The van der Waals surface area contributed by atoms with Crippen LogP contribution in [0.5, 0.6) is 0 Å². The van der Waals surface area contributed by atoms with Crippen LogP contribution in [0.15, 0.2) is 17.8 Å². The van der Waals surface area contributed by atoms with E-state index in [9.17, 15) is 4.79 Å². The second kappa shape index (κ2) is 2.53. The van der Waals surface area contributed by atoms with Crippen molar-refractivity contribution in [2.75, 3.05) is 0 Å². The number of carboxylic acid groups (broad SMARTS) is 1. The molecule has 0 aromatic carbocycles. The van der Waals surface area contributed by atoms with Crippen molar-refractivity contribution in [2.24, 2.45) is 0 Å². The summed E-state index contributed by atoms with van der Waals surface area (Å²) in [6.07, 6.45) is 1.48. The number of carbonyl (C=O) groups is 1. The highest BCUT2D eigenvalue weighted by molar-refractivity contribution is 7.16. The molecule has 0 aliphatic carbocycles. The zero-order valence-corrected chi connectivity index (χ0v) is 6.71. The first-order valence-electron chi connectivity index (χ1n) is 3.20. The fourth-order valence-electron chi connectivity index (χ4n) is 0.948. The maximum Gasteiger partial charge on any atom is 0.356 e. The molecule has 2 aromatic heterocycles. The molecule has 0 aliphatic heterocycles. The van der Waals surface area contributed by atoms with Crippen molar-refractivity contribution in [3.8, 4) is 0 Å². The van der Waals surface area contributed by atoms with Crippen molar-refractivity contribution < 1.29 is 9.90 Å². The number of fused-ring (bicyclic) bond motifs is 1. The van der Waals surface area contributed by atoms with Crippen LogP contribution in [0.1, 0.15) is 10.5 Å². The van der Waals surface area contributed by atoms with Gasteiger partial charge in [-0.15, -0.1) is 11.3 Å². The largest absolute Gasteiger partial charge is 0.476 e. The van der Waals surface area contributed by atoms with Gasteiger partial charge in [-0.05, 0) is 6.07 Å². The smallest absolute Gasteiger partial charge is 0.356 e. The van der Waals surface area contributed by atoms with Gasteiger partial charge >= 0.3 is 5.97 Å². The van der Waals surface area contributed by atoms with Gasteiger partial charge in [-0.2, -0.15) is 0 Å². The van der Waals surface area contributed by atoms with Gasteiger partial charge in [-0.25, -0.2) is 14.8 Å². The Morgan fingerprint density at radius 2 is 2.33 bits per heavy atom. The van der Waals surface area contributed by atoms with E-state index in [1.54, 1.807) is 11.6 Å². The third-order valence-electron chi connectivity index (χ3n) is 1.45. The molecule has 0 unspecified atom stereocenters. The molecule has 0 saturated heterocycles. The van der Waals surface area contributed by atoms with E-state index in [2.05, 4.69) is 9.97 Å². The van der Waals surface area contributed by atoms with E-state index in [0.717, 1.165) is 4.70 Å². The Morgan fingerprint density at radius 1 is 1.50 bits per heavy atom. The lowest BCUT2D eigenvalue weighted by molar-refractivity contribution is 0.0692. The van der Waals surface area contributed by atoms with Gasteiger partial charge in [0.25, 0.3) is 0 Å². The number of aromatic nitrogens is 2. The Kier molecular flexibility index (Phi) is 1.51. The molecule has 0 fully saturated rings. The molecule has 1 N–H and O–H groups in total. The van der Waals surface area contributed by atoms with Crippen LogP contribution < -0.4 is 0 Å². The zero-order chi connectivity index (χ0) is 8.55. The van der Waals surface area contributed by atoms with Crippen LogP contribution in [-0.2, 0) is 0 Å². The van der Waals surface area contributed by atoms with Gasteiger partial charge in [0, 0.05) is 6.20 Å². The molecule has 0 atom stereocenters. The molecular formula is C7H4N2O2S. The summed E-state index contributed by atoms with van der Waals surface area (Å²) >= 11 is 1.40. The number of hydrogen-bond donors (Lipinski definition) is 1. The Labute approximate surface area is 71.5 Å². The molecule has 0 bridgehead atoms. The predicted octanol–water partition coefficient (Wildman–Crippen LogP) is 1.39. The van der Waals surface area contributed by atoms with Crippen LogP contribution in [0.2, 0.25) is 0 Å². The number of pyridine rings is 1. The third-order valence-corrected chi connectivity index (χ3v) is 2.25. The van der Waals surface area contributed by atoms with Crippen molar-refractivity contribution in [3.63, 3.8) is 0 Å². The molecule has 0 radical (unpaired) electrons. The Bertz CT molecular complexity index is 438. The van der Waals surface area contributed by atoms with Crippen LogP contribution >= 0.6 is 11.3 Å². The highest BCUT2D eigenvalue weighted by Crippen LogP contribution is 2.18. The third kappa shape index (κ3) is 0.947. The lowest BCUT2D eigenvalue weighted by atomic mass is 10.3. The SMILES string of the molecule is O=C(O)c1nccc2scnc12. The normalized spacial score (nSPS) is 10.3. The highest BCUT2D eigenvalue weighted by Gasteiger charge is 2.10. The van der Waals surface area contributed by atoms with Crippen LogP contribution in [0.4, 0.5) is 0 Å². The summed E-state index contributed by atoms with van der Waals surface area (Å²) in [5, 5.41) is 8.70. The predicted molar refractivity (Wildman–Crippen MR) is 44.4 cm³/mol. The second-order valence-corrected chi connectivity index (χ2v) is 3.05. The number of hydrogen-bond acceptors (Lipinski definition) is 4. The summed E-state index contributed by atoms with van der Waals surface area (Å²) in [7, 11) is 0. The molecule has 5 heteroatoms. The number of thiazole rings is 1. The van der Waals surface area contributed by atoms with Crippen molar-refractivity contribution in [3.05, 3.63) is 23.5 Å². The number of rotatable bonds is 1.